The van der Waals surface area contributed by atoms with E-state index in [1.165, 1.54) is 104 Å². The van der Waals surface area contributed by atoms with Gasteiger partial charge in [0, 0.05) is 71.6 Å². The first-order valence-electron chi connectivity index (χ1n) is 37.2. The van der Waals surface area contributed by atoms with E-state index in [0.29, 0.717) is 0 Å². The molecule has 544 valence electrons. The minimum absolute atomic E-state index is 0.945. The van der Waals surface area contributed by atoms with Crippen LogP contribution in [-0.2, 0) is 63.4 Å². The summed E-state index contributed by atoms with van der Waals surface area (Å²) in [7, 11) is 18.7. The van der Waals surface area contributed by atoms with Gasteiger partial charge in [-0.3, -0.25) is 0 Å². The topological polar surface area (TPSA) is 79.1 Å². The Morgan fingerprint density at radius 1 is 0.340 bits per heavy atom. The van der Waals surface area contributed by atoms with Gasteiger partial charge in [0.15, 0.2) is 5.69 Å². The van der Waals surface area contributed by atoms with E-state index in [2.05, 4.69) is 255 Å². The Kier molecular flexibility index (Phi) is 43.7. The summed E-state index contributed by atoms with van der Waals surface area (Å²) in [5, 5.41) is 7.70. The van der Waals surface area contributed by atoms with Crippen molar-refractivity contribution in [3.05, 3.63) is 194 Å². The average Bonchev–Trinajstić information content (AvgIpc) is 1.61. The molecule has 0 spiro atoms. The molecule has 0 unspecified atom stereocenters. The number of aryl methyl sites for hydroxylation is 13. The number of imidazole rings is 4. The molecule has 0 aliphatic rings. The van der Waals surface area contributed by atoms with Crippen LogP contribution in [0.2, 0.25) is 0 Å². The van der Waals surface area contributed by atoms with Crippen molar-refractivity contribution in [1.29, 1.82) is 0 Å². The molecule has 14 rings (SSSR count). The SMILES string of the molecule is CC.CC.CC.CC.CC.CC.CC.CC.CC.CC.CC.Cc1cc2c(cc1-c1n(C)cc[n+]1C)c1ccccc1n2C.Cc1cc2oc3ccccc3c2cc1-c1n(C)cc[n+]1C.Cc1cc2sc3ccccc3c2cc1-c1n(C)cc[n+]1C.Cc1cncnc1-c1n(C)cc[n+]1C. The van der Waals surface area contributed by atoms with Gasteiger partial charge in [-0.25, -0.2) is 46.5 Å². The van der Waals surface area contributed by atoms with Crippen molar-refractivity contribution in [3.63, 3.8) is 0 Å². The molecule has 0 amide bonds. The predicted octanol–water partition coefficient (Wildman–Crippen LogP) is 23.3. The standard InChI is InChI=1S/C19H20N3.C18H17N2O.C18H17N2S.C10H13N4.11C2H6/c1-13-11-18-16(14-7-5-6-8-17(14)22(18)4)12-15(13)19-20(2)9-10-21(19)3;2*1-12-10-17-15(13-6-4-5-7-16(13)21-17)11-14(12)18-19(2)8-9-20(18)3;1-8-6-11-7-12-9(8)10-13(2)4-5-14(10)3;11*1-2/h5-12H,1-4H3;2*4-11H,1-3H3;4-7H,1-3H3;11*1-2H3/q4*+1;;;;;;;;;;;. The second-order valence-corrected chi connectivity index (χ2v) is 21.8. The van der Waals surface area contributed by atoms with E-state index in [1.54, 1.807) is 6.33 Å². The summed E-state index contributed by atoms with van der Waals surface area (Å²) in [5.41, 5.74) is 14.2. The maximum atomic E-state index is 5.95. The summed E-state index contributed by atoms with van der Waals surface area (Å²) in [6.07, 6.45) is 20.0. The zero-order chi connectivity index (χ0) is 76.7. The normalized spacial score (nSPS) is 9.55. The highest BCUT2D eigenvalue weighted by molar-refractivity contribution is 7.25. The van der Waals surface area contributed by atoms with Crippen molar-refractivity contribution in [2.75, 3.05) is 0 Å². The van der Waals surface area contributed by atoms with Crippen LogP contribution >= 0.6 is 11.3 Å². The van der Waals surface area contributed by atoms with Gasteiger partial charge in [0.25, 0.3) is 17.5 Å². The molecule has 8 heterocycles. The lowest BCUT2D eigenvalue weighted by molar-refractivity contribution is -0.659. The molecule has 0 aliphatic carbocycles. The lowest BCUT2D eigenvalue weighted by Crippen LogP contribution is -2.29. The van der Waals surface area contributed by atoms with Crippen molar-refractivity contribution < 1.29 is 22.7 Å². The molecular formula is C87H133N11OS+4. The molecule has 0 bridgehead atoms. The van der Waals surface area contributed by atoms with Gasteiger partial charge in [0.05, 0.1) is 73.1 Å². The van der Waals surface area contributed by atoms with Gasteiger partial charge in [0.1, 0.15) is 67.1 Å². The molecule has 13 heteroatoms. The lowest BCUT2D eigenvalue weighted by atomic mass is 10.0. The highest BCUT2D eigenvalue weighted by Crippen LogP contribution is 2.38. The quantitative estimate of drug-likeness (QED) is 0.165. The van der Waals surface area contributed by atoms with Crippen molar-refractivity contribution >= 4 is 75.3 Å². The Labute approximate surface area is 609 Å². The largest absolute Gasteiger partial charge is 0.456 e. The molecule has 12 nitrogen and oxygen atoms in total. The number of para-hydroxylation sites is 2. The summed E-state index contributed by atoms with van der Waals surface area (Å²) in [6, 6.07) is 39.2. The van der Waals surface area contributed by atoms with Crippen LogP contribution in [0, 0.1) is 27.7 Å². The number of nitrogens with zero attached hydrogens (tertiary/aromatic N) is 11. The van der Waals surface area contributed by atoms with Crippen molar-refractivity contribution in [2.45, 2.75) is 180 Å². The highest BCUT2D eigenvalue weighted by Gasteiger charge is 2.23. The van der Waals surface area contributed by atoms with Crippen LogP contribution in [0.1, 0.15) is 175 Å². The Bertz CT molecular complexity index is 4330. The number of furan rings is 1. The molecule has 14 aromatic rings. The highest BCUT2D eigenvalue weighted by atomic mass is 32.1. The van der Waals surface area contributed by atoms with Crippen LogP contribution in [-0.4, -0.2) is 32.8 Å². The van der Waals surface area contributed by atoms with E-state index in [1.807, 2.05) is 215 Å². The maximum Gasteiger partial charge on any atom is 0.307 e. The van der Waals surface area contributed by atoms with E-state index in [4.69, 9.17) is 4.42 Å². The Balaban J connectivity index is 0.00000120. The smallest absolute Gasteiger partial charge is 0.307 e. The number of benzene rings is 6. The molecule has 0 radical (unpaired) electrons. The van der Waals surface area contributed by atoms with E-state index in [9.17, 15) is 0 Å². The van der Waals surface area contributed by atoms with Crippen molar-refractivity contribution in [1.82, 2.24) is 32.8 Å². The number of hydrogen-bond acceptors (Lipinski definition) is 4. The first-order chi connectivity index (χ1) is 48.6. The van der Waals surface area contributed by atoms with E-state index in [0.717, 1.165) is 28.2 Å². The maximum absolute atomic E-state index is 5.95. The van der Waals surface area contributed by atoms with E-state index < -0.39 is 0 Å². The van der Waals surface area contributed by atoms with Crippen LogP contribution in [0.5, 0.6) is 0 Å². The van der Waals surface area contributed by atoms with Crippen molar-refractivity contribution in [2.24, 2.45) is 63.4 Å². The molecule has 0 saturated heterocycles. The first kappa shape index (κ1) is 91.1. The molecular weight excluding hydrogens is 1250 g/mol. The minimum atomic E-state index is 0.945. The molecule has 0 saturated carbocycles. The predicted molar refractivity (Wildman–Crippen MR) is 442 cm³/mol. The first-order valence-corrected chi connectivity index (χ1v) is 38.0. The number of fused-ring (bicyclic) bond motifs is 9. The fraction of sp³-hybridized carbons (Fsp3) is 0.402. The average molecular weight is 1380 g/mol. The number of thiophene rings is 1. The van der Waals surface area contributed by atoms with Gasteiger partial charge < -0.3 is 8.98 Å². The molecule has 0 aliphatic heterocycles. The van der Waals surface area contributed by atoms with Gasteiger partial charge in [-0.1, -0.05) is 207 Å². The lowest BCUT2D eigenvalue weighted by Gasteiger charge is -2.06. The fourth-order valence-electron chi connectivity index (χ4n) is 11.2. The number of hydrogen-bond donors (Lipinski definition) is 0. The van der Waals surface area contributed by atoms with Gasteiger partial charge in [-0.05, 0) is 99.0 Å². The molecule has 8 aromatic heterocycles. The molecule has 0 fully saturated rings. The molecule has 0 N–H and O–H groups in total. The van der Waals surface area contributed by atoms with Crippen LogP contribution < -0.4 is 18.3 Å². The molecule has 0 atom stereocenters. The zero-order valence-corrected chi connectivity index (χ0v) is 69.7. The van der Waals surface area contributed by atoms with Crippen LogP contribution in [0.4, 0.5) is 0 Å². The second-order valence-electron chi connectivity index (χ2n) is 20.7. The Hall–Kier alpha value is -8.94. The third-order valence-corrected chi connectivity index (χ3v) is 16.4. The van der Waals surface area contributed by atoms with Crippen LogP contribution in [0.3, 0.4) is 0 Å². The fourth-order valence-corrected chi connectivity index (χ4v) is 12.4. The zero-order valence-electron chi connectivity index (χ0n) is 68.9. The molecule has 6 aromatic carbocycles. The van der Waals surface area contributed by atoms with Crippen LogP contribution in [0.25, 0.3) is 110 Å². The van der Waals surface area contributed by atoms with Crippen LogP contribution in [0.15, 0.2) is 176 Å². The summed E-state index contributed by atoms with van der Waals surface area (Å²) >= 11 is 1.88. The van der Waals surface area contributed by atoms with E-state index in [-0.39, 0.29) is 0 Å². The molecule has 100 heavy (non-hydrogen) atoms. The van der Waals surface area contributed by atoms with Gasteiger partial charge in [-0.2, -0.15) is 0 Å². The van der Waals surface area contributed by atoms with E-state index >= 15 is 0 Å². The Morgan fingerprint density at radius 2 is 0.720 bits per heavy atom. The second kappa shape index (κ2) is 47.9. The number of aromatic nitrogens is 11. The summed E-state index contributed by atoms with van der Waals surface area (Å²) < 4.78 is 28.1. The third kappa shape index (κ3) is 21.5. The minimum Gasteiger partial charge on any atom is -0.456 e. The Morgan fingerprint density at radius 3 is 1.17 bits per heavy atom. The van der Waals surface area contributed by atoms with Gasteiger partial charge >= 0.3 is 5.82 Å². The van der Waals surface area contributed by atoms with Gasteiger partial charge in [-0.15, -0.1) is 11.3 Å². The summed E-state index contributed by atoms with van der Waals surface area (Å²) in [5.74, 6) is 4.75. The summed E-state index contributed by atoms with van der Waals surface area (Å²) in [4.78, 5) is 8.27. The van der Waals surface area contributed by atoms with Gasteiger partial charge in [0.2, 0.25) is 0 Å². The van der Waals surface area contributed by atoms with Crippen molar-refractivity contribution in [3.8, 4) is 45.7 Å². The summed E-state index contributed by atoms with van der Waals surface area (Å²) in [6.45, 7) is 52.5. The number of rotatable bonds is 4. The monoisotopic (exact) mass is 1380 g/mol. The third-order valence-electron chi connectivity index (χ3n) is 15.3.